The molecule has 1 amide bonds. The van der Waals surface area contributed by atoms with Crippen LogP contribution in [-0.4, -0.2) is 88.9 Å². The fourth-order valence-electron chi connectivity index (χ4n) is 4.21. The van der Waals surface area contributed by atoms with E-state index >= 15 is 0 Å². The fraction of sp³-hybridized carbons (Fsp3) is 0.650. The smallest absolute Gasteiger partial charge is 0.268 e. The number of ether oxygens (including phenoxy) is 1. The second-order valence-electron chi connectivity index (χ2n) is 8.24. The molecule has 1 atom stereocenters. The van der Waals surface area contributed by atoms with Crippen molar-refractivity contribution in [1.82, 2.24) is 14.3 Å². The lowest BCUT2D eigenvalue weighted by Crippen LogP contribution is -2.49. The van der Waals surface area contributed by atoms with Crippen LogP contribution in [-0.2, 0) is 19.9 Å². The molecule has 11 heteroatoms. The predicted octanol–water partition coefficient (Wildman–Crippen LogP) is 1.37. The number of methoxy groups -OCH3 is 1. The molecule has 0 N–H and O–H groups in total. The van der Waals surface area contributed by atoms with Gasteiger partial charge in [0, 0.05) is 32.7 Å². The molecule has 2 aliphatic heterocycles. The van der Waals surface area contributed by atoms with Gasteiger partial charge in [-0.1, -0.05) is 12.8 Å². The number of benzene rings is 1. The van der Waals surface area contributed by atoms with Crippen LogP contribution in [0, 0.1) is 0 Å². The van der Waals surface area contributed by atoms with Gasteiger partial charge in [0.1, 0.15) is 10.6 Å². The molecule has 1 aromatic carbocycles. The number of hydrazine groups is 1. The molecular formula is C20H31N3O6S2. The van der Waals surface area contributed by atoms with Gasteiger partial charge in [0.05, 0.1) is 24.7 Å². The largest absolute Gasteiger partial charge is 0.495 e. The van der Waals surface area contributed by atoms with Gasteiger partial charge >= 0.3 is 0 Å². The number of amides is 1. The summed E-state index contributed by atoms with van der Waals surface area (Å²) in [6, 6.07) is 3.86. The van der Waals surface area contributed by atoms with Crippen molar-refractivity contribution < 1.29 is 26.4 Å². The predicted molar refractivity (Wildman–Crippen MR) is 117 cm³/mol. The molecule has 0 bridgehead atoms. The maximum Gasteiger partial charge on any atom is 0.268 e. The van der Waals surface area contributed by atoms with Crippen LogP contribution in [0.4, 0.5) is 0 Å². The Morgan fingerprint density at radius 3 is 2.29 bits per heavy atom. The summed E-state index contributed by atoms with van der Waals surface area (Å²) in [6.45, 7) is 0.876. The van der Waals surface area contributed by atoms with Crippen molar-refractivity contribution in [3.63, 3.8) is 0 Å². The normalized spacial score (nSPS) is 22.3. The molecule has 0 spiro atoms. The van der Waals surface area contributed by atoms with Gasteiger partial charge in [0.25, 0.3) is 5.91 Å². The summed E-state index contributed by atoms with van der Waals surface area (Å²) in [5, 5.41) is 2.95. The van der Waals surface area contributed by atoms with E-state index in [-0.39, 0.29) is 27.7 Å². The maximum atomic E-state index is 13.4. The van der Waals surface area contributed by atoms with Crippen molar-refractivity contribution in [2.75, 3.05) is 45.8 Å². The average Bonchev–Trinajstić information content (AvgIpc) is 2.91. The van der Waals surface area contributed by atoms with Crippen LogP contribution in [0.3, 0.4) is 0 Å². The highest BCUT2D eigenvalue weighted by Crippen LogP contribution is 2.30. The molecule has 0 saturated carbocycles. The number of carbonyl (C=O) groups excluding carboxylic acids is 1. The molecule has 3 rings (SSSR count). The van der Waals surface area contributed by atoms with Gasteiger partial charge in [-0.2, -0.15) is 4.31 Å². The highest BCUT2D eigenvalue weighted by atomic mass is 32.2. The van der Waals surface area contributed by atoms with Gasteiger partial charge in [0.2, 0.25) is 10.0 Å². The van der Waals surface area contributed by atoms with Crippen molar-refractivity contribution in [1.29, 1.82) is 0 Å². The molecule has 2 heterocycles. The van der Waals surface area contributed by atoms with Crippen LogP contribution in [0.5, 0.6) is 5.75 Å². The highest BCUT2D eigenvalue weighted by molar-refractivity contribution is 7.91. The summed E-state index contributed by atoms with van der Waals surface area (Å²) >= 11 is 0. The number of hydrogen-bond donors (Lipinski definition) is 0. The summed E-state index contributed by atoms with van der Waals surface area (Å²) < 4.78 is 57.4. The number of hydrogen-bond acceptors (Lipinski definition) is 7. The lowest BCUT2D eigenvalue weighted by molar-refractivity contribution is 0.000983. The zero-order valence-corrected chi connectivity index (χ0v) is 19.9. The molecule has 0 aromatic heterocycles. The van der Waals surface area contributed by atoms with Gasteiger partial charge in [-0.15, -0.1) is 0 Å². The summed E-state index contributed by atoms with van der Waals surface area (Å²) in [4.78, 5) is 13.3. The molecule has 2 fully saturated rings. The molecule has 174 valence electrons. The van der Waals surface area contributed by atoms with E-state index in [9.17, 15) is 21.6 Å². The van der Waals surface area contributed by atoms with E-state index in [0.29, 0.717) is 19.5 Å². The van der Waals surface area contributed by atoms with E-state index < -0.39 is 31.8 Å². The van der Waals surface area contributed by atoms with Gasteiger partial charge in [-0.25, -0.2) is 21.8 Å². The van der Waals surface area contributed by atoms with Crippen LogP contribution in [0.25, 0.3) is 0 Å². The Balaban J connectivity index is 1.97. The molecule has 1 aromatic rings. The van der Waals surface area contributed by atoms with Gasteiger partial charge in [-0.3, -0.25) is 9.80 Å². The molecule has 0 radical (unpaired) electrons. The second-order valence-corrected chi connectivity index (χ2v) is 12.4. The first kappa shape index (κ1) is 24.0. The van der Waals surface area contributed by atoms with Crippen molar-refractivity contribution in [2.45, 2.75) is 43.0 Å². The summed E-state index contributed by atoms with van der Waals surface area (Å²) in [6.07, 6.45) is 3.92. The molecule has 0 aliphatic carbocycles. The zero-order chi connectivity index (χ0) is 22.8. The van der Waals surface area contributed by atoms with Crippen molar-refractivity contribution in [3.8, 4) is 5.75 Å². The third-order valence-electron chi connectivity index (χ3n) is 5.79. The number of nitrogens with zero attached hydrogens (tertiary/aromatic N) is 3. The quantitative estimate of drug-likeness (QED) is 0.575. The first-order chi connectivity index (χ1) is 14.6. The lowest BCUT2D eigenvalue weighted by atomic mass is 10.1. The van der Waals surface area contributed by atoms with E-state index in [1.807, 2.05) is 0 Å². The Labute approximate surface area is 184 Å². The average molecular weight is 474 g/mol. The Morgan fingerprint density at radius 1 is 1.13 bits per heavy atom. The van der Waals surface area contributed by atoms with Gasteiger partial charge in [-0.05, 0) is 37.5 Å². The molecule has 9 nitrogen and oxygen atoms in total. The van der Waals surface area contributed by atoms with E-state index in [2.05, 4.69) is 0 Å². The van der Waals surface area contributed by atoms with Crippen LogP contribution < -0.4 is 4.74 Å². The van der Waals surface area contributed by atoms with Crippen LogP contribution in [0.1, 0.15) is 42.5 Å². The third-order valence-corrected chi connectivity index (χ3v) is 9.46. The summed E-state index contributed by atoms with van der Waals surface area (Å²) in [5.41, 5.74) is 0.173. The minimum absolute atomic E-state index is 0.0342. The molecule has 0 unspecified atom stereocenters. The maximum absolute atomic E-state index is 13.4. The van der Waals surface area contributed by atoms with E-state index in [1.165, 1.54) is 34.6 Å². The summed E-state index contributed by atoms with van der Waals surface area (Å²) in [7, 11) is -2.30. The Hall–Kier alpha value is -1.69. The minimum atomic E-state index is -3.84. The van der Waals surface area contributed by atoms with Crippen LogP contribution in [0.15, 0.2) is 23.1 Å². The van der Waals surface area contributed by atoms with E-state index in [1.54, 1.807) is 19.1 Å². The summed E-state index contributed by atoms with van der Waals surface area (Å²) in [5.74, 6) is -0.332. The highest BCUT2D eigenvalue weighted by Gasteiger charge is 2.37. The standard InChI is InChI=1S/C20H31N3O6S2/c1-21(2)23(17-10-13-30(25,26)15-17)20(24)16-8-9-18(29-3)19(14-16)31(27,28)22-11-6-4-5-7-12-22/h8-9,14,17H,4-7,10-13,15H2,1-3H3/t17-/m0/s1. The van der Waals surface area contributed by atoms with E-state index in [0.717, 1.165) is 25.7 Å². The van der Waals surface area contributed by atoms with Crippen molar-refractivity contribution >= 4 is 25.8 Å². The second kappa shape index (κ2) is 9.43. The third kappa shape index (κ3) is 5.21. The Bertz CT molecular complexity index is 1020. The molecule has 2 aliphatic rings. The topological polar surface area (TPSA) is 104 Å². The Morgan fingerprint density at radius 2 is 1.77 bits per heavy atom. The van der Waals surface area contributed by atoms with Crippen LogP contribution >= 0.6 is 0 Å². The Kier molecular flexibility index (Phi) is 7.29. The van der Waals surface area contributed by atoms with Gasteiger partial charge < -0.3 is 4.74 Å². The van der Waals surface area contributed by atoms with Gasteiger partial charge in [0.15, 0.2) is 9.84 Å². The molecular weight excluding hydrogens is 442 g/mol. The number of sulfonamides is 1. The van der Waals surface area contributed by atoms with Crippen molar-refractivity contribution in [2.24, 2.45) is 0 Å². The molecule has 2 saturated heterocycles. The first-order valence-corrected chi connectivity index (χ1v) is 13.7. The van der Waals surface area contributed by atoms with Crippen LogP contribution in [0.2, 0.25) is 0 Å². The van der Waals surface area contributed by atoms with Crippen molar-refractivity contribution in [3.05, 3.63) is 23.8 Å². The minimum Gasteiger partial charge on any atom is -0.495 e. The lowest BCUT2D eigenvalue weighted by Gasteiger charge is -2.34. The number of sulfone groups is 1. The SMILES string of the molecule is COc1ccc(C(=O)N([C@H]2CCS(=O)(=O)C2)N(C)C)cc1S(=O)(=O)N1CCCCCC1. The fourth-order valence-corrected chi connectivity index (χ4v) is 7.60. The number of rotatable bonds is 6. The van der Waals surface area contributed by atoms with E-state index in [4.69, 9.17) is 4.74 Å². The molecule has 31 heavy (non-hydrogen) atoms. The first-order valence-electron chi connectivity index (χ1n) is 10.5. The zero-order valence-electron chi connectivity index (χ0n) is 18.3. The number of carbonyl (C=O) groups is 1. The monoisotopic (exact) mass is 473 g/mol.